The van der Waals surface area contributed by atoms with Gasteiger partial charge in [0.15, 0.2) is 6.61 Å². The molecule has 1 amide bonds. The third kappa shape index (κ3) is 4.24. The zero-order valence-electron chi connectivity index (χ0n) is 16.8. The first-order valence-corrected chi connectivity index (χ1v) is 9.99. The summed E-state index contributed by atoms with van der Waals surface area (Å²) in [6.07, 6.45) is 0.183. The normalized spacial score (nSPS) is 10.5. The molecule has 5 heteroatoms. The minimum Gasteiger partial charge on any atom is -0.452 e. The molecular weight excluding hydrogens is 388 g/mol. The number of hydrogen-bond donors (Lipinski definition) is 0. The van der Waals surface area contributed by atoms with Crippen LogP contribution in [0.5, 0.6) is 0 Å². The molecule has 0 N–H and O–H groups in total. The summed E-state index contributed by atoms with van der Waals surface area (Å²) in [6, 6.07) is 28.4. The lowest BCUT2D eigenvalue weighted by Crippen LogP contribution is -2.35. The van der Waals surface area contributed by atoms with Gasteiger partial charge in [0.1, 0.15) is 0 Å². The lowest BCUT2D eigenvalue weighted by atomic mass is 9.97. The maximum atomic E-state index is 13.1. The van der Waals surface area contributed by atoms with Crippen molar-refractivity contribution in [3.63, 3.8) is 0 Å². The summed E-state index contributed by atoms with van der Waals surface area (Å²) in [5.41, 5.74) is 1.11. The molecule has 0 saturated heterocycles. The van der Waals surface area contributed by atoms with E-state index >= 15 is 0 Å². The van der Waals surface area contributed by atoms with Crippen LogP contribution in [-0.2, 0) is 9.53 Å². The number of hydrogen-bond acceptors (Lipinski definition) is 4. The fourth-order valence-corrected chi connectivity index (χ4v) is 3.68. The van der Waals surface area contributed by atoms with Gasteiger partial charge in [-0.15, -0.1) is 0 Å². The Morgan fingerprint density at radius 2 is 1.42 bits per heavy atom. The fourth-order valence-electron chi connectivity index (χ4n) is 3.68. The Labute approximate surface area is 180 Å². The van der Waals surface area contributed by atoms with E-state index in [1.165, 1.54) is 4.90 Å². The highest BCUT2D eigenvalue weighted by Crippen LogP contribution is 2.29. The predicted molar refractivity (Wildman–Crippen MR) is 121 cm³/mol. The van der Waals surface area contributed by atoms with Crippen LogP contribution in [0.1, 0.15) is 16.8 Å². The molecule has 0 unspecified atom stereocenters. The topological polar surface area (TPSA) is 70.4 Å². The number of para-hydroxylation sites is 1. The van der Waals surface area contributed by atoms with Gasteiger partial charge in [0.05, 0.1) is 18.1 Å². The van der Waals surface area contributed by atoms with Crippen molar-refractivity contribution in [2.45, 2.75) is 6.42 Å². The van der Waals surface area contributed by atoms with Crippen molar-refractivity contribution in [2.75, 3.05) is 18.1 Å². The van der Waals surface area contributed by atoms with Crippen LogP contribution in [0.4, 0.5) is 5.69 Å². The first-order valence-electron chi connectivity index (χ1n) is 9.99. The molecule has 0 aromatic heterocycles. The minimum absolute atomic E-state index is 0.183. The van der Waals surface area contributed by atoms with Crippen LogP contribution < -0.4 is 4.90 Å². The van der Waals surface area contributed by atoms with Crippen molar-refractivity contribution in [2.24, 2.45) is 0 Å². The molecule has 4 aromatic carbocycles. The van der Waals surface area contributed by atoms with Crippen LogP contribution >= 0.6 is 0 Å². The van der Waals surface area contributed by atoms with Crippen LogP contribution in [0.25, 0.3) is 21.5 Å². The Bertz CT molecular complexity index is 1240. The van der Waals surface area contributed by atoms with Crippen LogP contribution in [-0.4, -0.2) is 25.0 Å². The van der Waals surface area contributed by atoms with Crippen LogP contribution in [0, 0.1) is 11.3 Å². The molecule has 0 aliphatic carbocycles. The number of carbonyl (C=O) groups excluding carboxylic acids is 2. The third-order valence-electron chi connectivity index (χ3n) is 5.12. The second-order valence-corrected chi connectivity index (χ2v) is 7.06. The van der Waals surface area contributed by atoms with E-state index in [4.69, 9.17) is 10.00 Å². The Hall–Kier alpha value is -4.17. The van der Waals surface area contributed by atoms with Crippen molar-refractivity contribution in [1.82, 2.24) is 0 Å². The average Bonchev–Trinajstić information content (AvgIpc) is 2.82. The number of nitriles is 1. The molecule has 0 heterocycles. The van der Waals surface area contributed by atoms with Gasteiger partial charge in [0.2, 0.25) is 0 Å². The zero-order chi connectivity index (χ0) is 21.6. The second kappa shape index (κ2) is 9.10. The highest BCUT2D eigenvalue weighted by atomic mass is 16.5. The van der Waals surface area contributed by atoms with Gasteiger partial charge in [-0.25, -0.2) is 4.79 Å². The summed E-state index contributed by atoms with van der Waals surface area (Å²) >= 11 is 0. The third-order valence-corrected chi connectivity index (χ3v) is 5.12. The fraction of sp³-hybridized carbons (Fsp3) is 0.115. The van der Waals surface area contributed by atoms with Crippen molar-refractivity contribution >= 4 is 39.1 Å². The molecule has 4 rings (SSSR count). The highest BCUT2D eigenvalue weighted by Gasteiger charge is 2.20. The average molecular weight is 408 g/mol. The van der Waals surface area contributed by atoms with Gasteiger partial charge < -0.3 is 9.64 Å². The smallest absolute Gasteiger partial charge is 0.339 e. The Morgan fingerprint density at radius 3 is 2.03 bits per heavy atom. The molecule has 0 radical (unpaired) electrons. The van der Waals surface area contributed by atoms with E-state index in [9.17, 15) is 9.59 Å². The Kier molecular flexibility index (Phi) is 5.91. The van der Waals surface area contributed by atoms with Gasteiger partial charge in [-0.3, -0.25) is 4.79 Å². The van der Waals surface area contributed by atoms with E-state index in [2.05, 4.69) is 6.07 Å². The van der Waals surface area contributed by atoms with Crippen LogP contribution in [0.15, 0.2) is 84.9 Å². The van der Waals surface area contributed by atoms with E-state index in [1.54, 1.807) is 12.1 Å². The summed E-state index contributed by atoms with van der Waals surface area (Å²) in [6.45, 7) is -0.176. The number of ether oxygens (including phenoxy) is 1. The predicted octanol–water partition coefficient (Wildman–Crippen LogP) is 5.10. The largest absolute Gasteiger partial charge is 0.452 e. The highest BCUT2D eigenvalue weighted by molar-refractivity contribution is 6.16. The first kappa shape index (κ1) is 20.1. The van der Waals surface area contributed by atoms with Crippen molar-refractivity contribution in [1.29, 1.82) is 5.26 Å². The molecule has 0 atom stereocenters. The van der Waals surface area contributed by atoms with Crippen LogP contribution in [0.3, 0.4) is 0 Å². The molecule has 31 heavy (non-hydrogen) atoms. The van der Waals surface area contributed by atoms with Gasteiger partial charge in [0.25, 0.3) is 5.91 Å². The molecule has 0 aliphatic rings. The Morgan fingerprint density at radius 1 is 0.839 bits per heavy atom. The van der Waals surface area contributed by atoms with E-state index in [-0.39, 0.29) is 18.9 Å². The molecule has 5 nitrogen and oxygen atoms in total. The number of nitrogens with zero attached hydrogens (tertiary/aromatic N) is 2. The number of esters is 1. The van der Waals surface area contributed by atoms with Gasteiger partial charge in [0, 0.05) is 12.2 Å². The maximum absolute atomic E-state index is 13.1. The van der Waals surface area contributed by atoms with E-state index in [0.717, 1.165) is 21.5 Å². The number of fused-ring (bicyclic) bond motifs is 2. The number of benzene rings is 4. The molecule has 0 saturated carbocycles. The SMILES string of the molecule is N#CCCN(C(=O)COC(=O)c1c2ccccc2cc2ccccc12)c1ccccc1. The molecule has 4 aromatic rings. The Balaban J connectivity index is 1.61. The quantitative estimate of drug-likeness (QED) is 0.329. The number of carbonyl (C=O) groups is 2. The van der Waals surface area contributed by atoms with Crippen molar-refractivity contribution in [3.8, 4) is 6.07 Å². The zero-order valence-corrected chi connectivity index (χ0v) is 16.8. The van der Waals surface area contributed by atoms with Gasteiger partial charge in [-0.2, -0.15) is 5.26 Å². The summed E-state index contributed by atoms with van der Waals surface area (Å²) in [5.74, 6) is -0.922. The van der Waals surface area contributed by atoms with E-state index in [1.807, 2.05) is 72.8 Å². The molecule has 0 fully saturated rings. The molecule has 152 valence electrons. The van der Waals surface area contributed by atoms with Gasteiger partial charge in [-0.1, -0.05) is 66.7 Å². The van der Waals surface area contributed by atoms with Crippen LogP contribution in [0.2, 0.25) is 0 Å². The minimum atomic E-state index is -0.547. The monoisotopic (exact) mass is 408 g/mol. The summed E-state index contributed by atoms with van der Waals surface area (Å²) in [4.78, 5) is 27.4. The van der Waals surface area contributed by atoms with Crippen molar-refractivity contribution < 1.29 is 14.3 Å². The number of amides is 1. The molecule has 0 spiro atoms. The lowest BCUT2D eigenvalue weighted by molar-refractivity contribution is -0.121. The standard InChI is InChI=1S/C26H20N2O3/c27-15-8-16-28(21-11-2-1-3-12-21)24(29)18-31-26(30)25-22-13-6-4-9-19(22)17-20-10-5-7-14-23(20)25/h1-7,9-14,17H,8,16,18H2. The van der Waals surface area contributed by atoms with E-state index in [0.29, 0.717) is 11.3 Å². The van der Waals surface area contributed by atoms with Crippen molar-refractivity contribution in [3.05, 3.63) is 90.5 Å². The summed E-state index contributed by atoms with van der Waals surface area (Å²) in [7, 11) is 0. The number of anilines is 1. The summed E-state index contributed by atoms with van der Waals surface area (Å²) < 4.78 is 5.48. The molecular formula is C26H20N2O3. The molecule has 0 bridgehead atoms. The summed E-state index contributed by atoms with van der Waals surface area (Å²) in [5, 5.41) is 12.4. The first-order chi connectivity index (χ1) is 15.2. The maximum Gasteiger partial charge on any atom is 0.339 e. The second-order valence-electron chi connectivity index (χ2n) is 7.06. The number of rotatable bonds is 6. The lowest BCUT2D eigenvalue weighted by Gasteiger charge is -2.21. The van der Waals surface area contributed by atoms with E-state index < -0.39 is 12.6 Å². The van der Waals surface area contributed by atoms with Gasteiger partial charge >= 0.3 is 5.97 Å². The molecule has 0 aliphatic heterocycles. The van der Waals surface area contributed by atoms with Gasteiger partial charge in [-0.05, 0) is 39.7 Å².